The first-order chi connectivity index (χ1) is 6.90. The van der Waals surface area contributed by atoms with E-state index in [0.717, 1.165) is 28.8 Å². The molecule has 2 rings (SSSR count). The number of benzene rings is 1. The summed E-state index contributed by atoms with van der Waals surface area (Å²) in [5.74, 6) is 6.86. The van der Waals surface area contributed by atoms with E-state index in [9.17, 15) is 0 Å². The number of H-pyrrole nitrogens is 1. The monoisotopic (exact) mass is 203 g/mol. The van der Waals surface area contributed by atoms with E-state index in [1.54, 1.807) is 0 Å². The molecule has 4 heteroatoms. The van der Waals surface area contributed by atoms with Crippen LogP contribution in [0.4, 0.5) is 0 Å². The Morgan fingerprint density at radius 2 is 2.14 bits per heavy atom. The summed E-state index contributed by atoms with van der Waals surface area (Å²) in [4.78, 5) is 0. The van der Waals surface area contributed by atoms with Gasteiger partial charge >= 0.3 is 0 Å². The summed E-state index contributed by atoms with van der Waals surface area (Å²) in [6, 6.07) is 5.77. The Kier molecular flexibility index (Phi) is 2.70. The number of aromatic amines is 1. The Morgan fingerprint density at radius 3 is 3.00 bits per heavy atom. The number of rotatable bonds is 1. The first-order valence-corrected chi connectivity index (χ1v) is 4.93. The van der Waals surface area contributed by atoms with Crippen LogP contribution in [0.15, 0.2) is 18.2 Å². The molecule has 0 saturated heterocycles. The quantitative estimate of drug-likeness (QED) is 0.546. The highest BCUT2D eigenvalue weighted by atomic mass is 32.1. The third kappa shape index (κ3) is 1.88. The van der Waals surface area contributed by atoms with E-state index >= 15 is 0 Å². The van der Waals surface area contributed by atoms with E-state index in [4.69, 9.17) is 0 Å². The van der Waals surface area contributed by atoms with Crippen LogP contribution in [-0.4, -0.2) is 21.2 Å². The second-order valence-corrected chi connectivity index (χ2v) is 3.25. The zero-order chi connectivity index (χ0) is 9.80. The van der Waals surface area contributed by atoms with Crippen LogP contribution in [0.5, 0.6) is 0 Å². The molecular formula is C10H9N3S. The molecule has 0 unspecified atom stereocenters. The molecule has 0 aliphatic carbocycles. The van der Waals surface area contributed by atoms with Gasteiger partial charge in [-0.1, -0.05) is 11.8 Å². The van der Waals surface area contributed by atoms with Crippen LogP contribution in [0.3, 0.4) is 0 Å². The van der Waals surface area contributed by atoms with Crippen molar-refractivity contribution < 1.29 is 0 Å². The van der Waals surface area contributed by atoms with Gasteiger partial charge in [-0.15, -0.1) is 0 Å². The highest BCUT2D eigenvalue weighted by Crippen LogP contribution is 2.09. The first kappa shape index (κ1) is 9.10. The zero-order valence-corrected chi connectivity index (χ0v) is 8.38. The van der Waals surface area contributed by atoms with Crippen molar-refractivity contribution in [3.8, 4) is 11.8 Å². The lowest BCUT2D eigenvalue weighted by Crippen LogP contribution is -1.76. The number of hydrogen-bond acceptors (Lipinski definition) is 3. The summed E-state index contributed by atoms with van der Waals surface area (Å²) in [5, 5.41) is 10.5. The van der Waals surface area contributed by atoms with Gasteiger partial charge in [0.2, 0.25) is 0 Å². The van der Waals surface area contributed by atoms with Crippen LogP contribution in [0.25, 0.3) is 11.0 Å². The molecule has 2 aromatic rings. The van der Waals surface area contributed by atoms with Gasteiger partial charge in [0.05, 0.1) is 0 Å². The SMILES string of the molecule is SCCC#Cc1ccc2n[nH]nc2c1. The van der Waals surface area contributed by atoms with Crippen molar-refractivity contribution in [1.29, 1.82) is 0 Å². The number of aromatic nitrogens is 3. The van der Waals surface area contributed by atoms with Crippen molar-refractivity contribution in [2.75, 3.05) is 5.75 Å². The maximum Gasteiger partial charge on any atom is 0.114 e. The molecule has 3 nitrogen and oxygen atoms in total. The highest BCUT2D eigenvalue weighted by Gasteiger charge is 1.96. The van der Waals surface area contributed by atoms with Crippen LogP contribution in [0, 0.1) is 11.8 Å². The molecule has 0 amide bonds. The molecule has 70 valence electrons. The predicted molar refractivity (Wildman–Crippen MR) is 59.2 cm³/mol. The largest absolute Gasteiger partial charge is 0.197 e. The fourth-order valence-electron chi connectivity index (χ4n) is 1.14. The fraction of sp³-hybridized carbons (Fsp3) is 0.200. The van der Waals surface area contributed by atoms with E-state index < -0.39 is 0 Å². The number of nitrogens with zero attached hydrogens (tertiary/aromatic N) is 2. The fourth-order valence-corrected chi connectivity index (χ4v) is 1.25. The minimum atomic E-state index is 0.791. The molecule has 1 aromatic heterocycles. The second-order valence-electron chi connectivity index (χ2n) is 2.80. The maximum absolute atomic E-state index is 4.09. The molecule has 0 fully saturated rings. The van der Waals surface area contributed by atoms with Gasteiger partial charge in [-0.3, -0.25) is 0 Å². The third-order valence-electron chi connectivity index (χ3n) is 1.79. The second kappa shape index (κ2) is 4.16. The first-order valence-electron chi connectivity index (χ1n) is 4.30. The van der Waals surface area contributed by atoms with Crippen molar-refractivity contribution in [2.24, 2.45) is 0 Å². The molecule has 0 aliphatic heterocycles. The highest BCUT2D eigenvalue weighted by molar-refractivity contribution is 7.80. The summed E-state index contributed by atoms with van der Waals surface area (Å²) in [7, 11) is 0. The standard InChI is InChI=1S/C10H9N3S/c14-6-2-1-3-8-4-5-9-10(7-8)12-13-11-9/h4-5,7,14H,2,6H2,(H,11,12,13). The zero-order valence-electron chi connectivity index (χ0n) is 7.49. The smallest absolute Gasteiger partial charge is 0.114 e. The lowest BCUT2D eigenvalue weighted by Gasteiger charge is -1.88. The van der Waals surface area contributed by atoms with Crippen LogP contribution >= 0.6 is 12.6 Å². The Morgan fingerprint density at radius 1 is 1.29 bits per heavy atom. The molecule has 0 aliphatic rings. The number of thiol groups is 1. The van der Waals surface area contributed by atoms with Gasteiger partial charge in [0, 0.05) is 17.7 Å². The third-order valence-corrected chi connectivity index (χ3v) is 2.01. The summed E-state index contributed by atoms with van der Waals surface area (Å²) in [6.07, 6.45) is 0.806. The number of hydrogen-bond donors (Lipinski definition) is 2. The Balaban J connectivity index is 2.31. The van der Waals surface area contributed by atoms with E-state index in [0.29, 0.717) is 0 Å². The van der Waals surface area contributed by atoms with E-state index in [2.05, 4.69) is 39.9 Å². The molecular weight excluding hydrogens is 194 g/mol. The van der Waals surface area contributed by atoms with Crippen molar-refractivity contribution in [3.05, 3.63) is 23.8 Å². The van der Waals surface area contributed by atoms with Gasteiger partial charge in [0.15, 0.2) is 0 Å². The molecule has 0 spiro atoms. The molecule has 1 N–H and O–H groups in total. The molecule has 0 radical (unpaired) electrons. The molecule has 14 heavy (non-hydrogen) atoms. The lowest BCUT2D eigenvalue weighted by molar-refractivity contribution is 0.959. The molecule has 1 heterocycles. The Bertz CT molecular complexity index is 493. The number of fused-ring (bicyclic) bond motifs is 1. The maximum atomic E-state index is 4.09. The normalized spacial score (nSPS) is 9.79. The average Bonchev–Trinajstić information content (AvgIpc) is 2.65. The van der Waals surface area contributed by atoms with Gasteiger partial charge in [-0.2, -0.15) is 28.0 Å². The van der Waals surface area contributed by atoms with Gasteiger partial charge < -0.3 is 0 Å². The Labute approximate surface area is 87.3 Å². The molecule has 0 atom stereocenters. The van der Waals surface area contributed by atoms with Crippen LogP contribution in [0.2, 0.25) is 0 Å². The summed E-state index contributed by atoms with van der Waals surface area (Å²) < 4.78 is 0. The van der Waals surface area contributed by atoms with E-state index in [1.807, 2.05) is 18.2 Å². The predicted octanol–water partition coefficient (Wildman–Crippen LogP) is 1.63. The molecule has 0 bridgehead atoms. The van der Waals surface area contributed by atoms with Gasteiger partial charge in [0.25, 0.3) is 0 Å². The van der Waals surface area contributed by atoms with Crippen molar-refractivity contribution >= 4 is 23.7 Å². The summed E-state index contributed by atoms with van der Waals surface area (Å²) in [6.45, 7) is 0. The van der Waals surface area contributed by atoms with E-state index in [1.165, 1.54) is 0 Å². The minimum Gasteiger partial charge on any atom is -0.197 e. The van der Waals surface area contributed by atoms with Crippen molar-refractivity contribution in [3.63, 3.8) is 0 Å². The summed E-state index contributed by atoms with van der Waals surface area (Å²) in [5.41, 5.74) is 2.68. The van der Waals surface area contributed by atoms with Crippen molar-refractivity contribution in [1.82, 2.24) is 15.4 Å². The van der Waals surface area contributed by atoms with E-state index in [-0.39, 0.29) is 0 Å². The minimum absolute atomic E-state index is 0.791. The van der Waals surface area contributed by atoms with Gasteiger partial charge in [-0.05, 0) is 18.2 Å². The Hall–Kier alpha value is -1.47. The van der Waals surface area contributed by atoms with Crippen LogP contribution in [0.1, 0.15) is 12.0 Å². The van der Waals surface area contributed by atoms with Crippen LogP contribution in [-0.2, 0) is 0 Å². The lowest BCUT2D eigenvalue weighted by atomic mass is 10.2. The van der Waals surface area contributed by atoms with Crippen molar-refractivity contribution in [2.45, 2.75) is 6.42 Å². The topological polar surface area (TPSA) is 41.6 Å². The van der Waals surface area contributed by atoms with Gasteiger partial charge in [0.1, 0.15) is 11.0 Å². The average molecular weight is 203 g/mol. The summed E-state index contributed by atoms with van der Waals surface area (Å²) >= 11 is 4.09. The molecule has 0 saturated carbocycles. The van der Waals surface area contributed by atoms with Crippen LogP contribution < -0.4 is 0 Å². The molecule has 1 aromatic carbocycles. The van der Waals surface area contributed by atoms with Gasteiger partial charge in [-0.25, -0.2) is 0 Å². The number of nitrogens with one attached hydrogen (secondary N) is 1.